The average molecular weight is 524 g/mol. The quantitative estimate of drug-likeness (QED) is 0.381. The summed E-state index contributed by atoms with van der Waals surface area (Å²) in [6, 6.07) is 0. The summed E-state index contributed by atoms with van der Waals surface area (Å²) < 4.78 is 0. The van der Waals surface area contributed by atoms with Gasteiger partial charge in [0.1, 0.15) is 0 Å². The predicted molar refractivity (Wildman–Crippen MR) is 154 cm³/mol. The normalized spacial score (nSPS) is 58.7. The van der Waals surface area contributed by atoms with Crippen LogP contribution in [0.2, 0.25) is 0 Å². The van der Waals surface area contributed by atoms with Crippen LogP contribution in [0.15, 0.2) is 0 Å². The summed E-state index contributed by atoms with van der Waals surface area (Å²) in [5.41, 5.74) is 2.49. The van der Waals surface area contributed by atoms with Gasteiger partial charge in [0.25, 0.3) is 5.91 Å². The van der Waals surface area contributed by atoms with Crippen molar-refractivity contribution >= 4 is 5.91 Å². The number of terminal acetylenes is 1. The minimum absolute atomic E-state index is 0.0553. The molecule has 2 heteroatoms. The molecule has 0 radical (unpaired) electrons. The zero-order chi connectivity index (χ0) is 26.3. The number of rotatable bonds is 3. The Morgan fingerprint density at radius 2 is 1.03 bits per heavy atom. The van der Waals surface area contributed by atoms with Gasteiger partial charge >= 0.3 is 0 Å². The Morgan fingerprint density at radius 3 is 1.46 bits per heavy atom. The molecule has 2 nitrogen and oxygen atoms in total. The summed E-state index contributed by atoms with van der Waals surface area (Å²) in [5.74, 6) is 15.7. The van der Waals surface area contributed by atoms with Crippen molar-refractivity contribution in [2.24, 2.45) is 68.0 Å². The maximum atomic E-state index is 12.4. The maximum absolute atomic E-state index is 12.4. The molecular formula is C37H49NO. The SMILES string of the molecule is C#CC12CC3CC(C1)CC(C14CC5CC(C1)CC(C16CC7CC(CC(C#CC(=O)NCC)(C7)C1)C6)(C5)C4)(C3)C2. The van der Waals surface area contributed by atoms with E-state index in [0.29, 0.717) is 28.2 Å². The van der Waals surface area contributed by atoms with Gasteiger partial charge in [-0.2, -0.15) is 0 Å². The van der Waals surface area contributed by atoms with Crippen molar-refractivity contribution in [1.29, 1.82) is 0 Å². The van der Waals surface area contributed by atoms with Gasteiger partial charge in [-0.1, -0.05) is 11.8 Å². The molecule has 0 aromatic heterocycles. The summed E-state index contributed by atoms with van der Waals surface area (Å²) in [7, 11) is 0. The average Bonchev–Trinajstić information content (AvgIpc) is 2.85. The third-order valence-corrected chi connectivity index (χ3v) is 15.5. The Bertz CT molecular complexity index is 1180. The van der Waals surface area contributed by atoms with E-state index in [1.807, 2.05) is 6.92 Å². The van der Waals surface area contributed by atoms with E-state index < -0.39 is 0 Å². The minimum Gasteiger partial charge on any atom is -0.346 e. The third kappa shape index (κ3) is 3.11. The molecule has 6 unspecified atom stereocenters. The van der Waals surface area contributed by atoms with Crippen molar-refractivity contribution in [3.8, 4) is 24.2 Å². The van der Waals surface area contributed by atoms with E-state index in [-0.39, 0.29) is 16.7 Å². The summed E-state index contributed by atoms with van der Waals surface area (Å²) in [5, 5.41) is 2.95. The number of amides is 1. The Hall–Kier alpha value is -1.41. The van der Waals surface area contributed by atoms with Crippen molar-refractivity contribution in [2.45, 2.75) is 122 Å². The molecule has 39 heavy (non-hydrogen) atoms. The van der Waals surface area contributed by atoms with E-state index in [4.69, 9.17) is 6.42 Å². The Balaban J connectivity index is 1.11. The molecule has 12 saturated carbocycles. The van der Waals surface area contributed by atoms with E-state index in [0.717, 1.165) is 35.5 Å². The smallest absolute Gasteiger partial charge is 0.295 e. The van der Waals surface area contributed by atoms with Crippen LogP contribution in [0.5, 0.6) is 0 Å². The maximum Gasteiger partial charge on any atom is 0.295 e. The monoisotopic (exact) mass is 523 g/mol. The fourth-order valence-corrected chi connectivity index (χ4v) is 16.0. The second-order valence-corrected chi connectivity index (χ2v) is 17.8. The van der Waals surface area contributed by atoms with Crippen LogP contribution in [0.3, 0.4) is 0 Å². The first kappa shape index (κ1) is 24.2. The Labute approximate surface area is 237 Å². The number of carbonyl (C=O) groups excluding carboxylic acids is 1. The molecule has 0 saturated heterocycles. The van der Waals surface area contributed by atoms with E-state index >= 15 is 0 Å². The van der Waals surface area contributed by atoms with Crippen LogP contribution in [0.4, 0.5) is 0 Å². The lowest BCUT2D eigenvalue weighted by Gasteiger charge is -2.77. The van der Waals surface area contributed by atoms with Crippen LogP contribution in [0, 0.1) is 92.2 Å². The number of hydrogen-bond acceptors (Lipinski definition) is 1. The Kier molecular flexibility index (Phi) is 4.66. The third-order valence-electron chi connectivity index (χ3n) is 15.5. The van der Waals surface area contributed by atoms with Crippen molar-refractivity contribution in [2.75, 3.05) is 6.54 Å². The topological polar surface area (TPSA) is 29.1 Å². The minimum atomic E-state index is -0.0553. The van der Waals surface area contributed by atoms with Gasteiger partial charge in [-0.25, -0.2) is 0 Å². The Morgan fingerprint density at radius 1 is 0.641 bits per heavy atom. The van der Waals surface area contributed by atoms with Gasteiger partial charge < -0.3 is 5.32 Å². The molecular weight excluding hydrogens is 474 g/mol. The van der Waals surface area contributed by atoms with Gasteiger partial charge in [0.15, 0.2) is 0 Å². The van der Waals surface area contributed by atoms with Gasteiger partial charge in [-0.15, -0.1) is 6.42 Å². The second kappa shape index (κ2) is 7.50. The highest BCUT2D eigenvalue weighted by molar-refractivity contribution is 5.93. The molecule has 12 rings (SSSR count). The fourth-order valence-electron chi connectivity index (χ4n) is 16.0. The van der Waals surface area contributed by atoms with Gasteiger partial charge in [-0.05, 0) is 186 Å². The summed E-state index contributed by atoms with van der Waals surface area (Å²) in [6.07, 6.45) is 32.4. The summed E-state index contributed by atoms with van der Waals surface area (Å²) in [4.78, 5) is 12.4. The first-order chi connectivity index (χ1) is 18.7. The second-order valence-electron chi connectivity index (χ2n) is 17.8. The highest BCUT2D eigenvalue weighted by Gasteiger charge is 2.74. The standard InChI is InChI=1S/C37H49NO/c1-3-32-10-25-7-26(11-32)15-34(14-25,22-32)36-18-29-9-30(19-36)21-37(20-29,24-36)35-16-27-8-28(17-35)13-33(12-27,23-35)6-5-31(39)38-4-2/h1,25-30H,4,7-24H2,2H3,(H,38,39). The molecule has 12 fully saturated rings. The molecule has 1 amide bonds. The van der Waals surface area contributed by atoms with Gasteiger partial charge in [0.05, 0.1) is 0 Å². The lowest BCUT2D eigenvalue weighted by Crippen LogP contribution is -2.68. The molecule has 0 aromatic rings. The molecule has 0 aromatic carbocycles. The zero-order valence-electron chi connectivity index (χ0n) is 24.4. The van der Waals surface area contributed by atoms with Crippen molar-refractivity contribution in [1.82, 2.24) is 5.32 Å². The van der Waals surface area contributed by atoms with E-state index in [2.05, 4.69) is 23.1 Å². The molecule has 208 valence electrons. The van der Waals surface area contributed by atoms with E-state index in [1.54, 1.807) is 0 Å². The molecule has 0 aliphatic heterocycles. The number of nitrogens with one attached hydrogen (secondary N) is 1. The van der Waals surface area contributed by atoms with Gasteiger partial charge in [-0.3, -0.25) is 4.79 Å². The first-order valence-corrected chi connectivity index (χ1v) is 17.0. The van der Waals surface area contributed by atoms with Crippen LogP contribution >= 0.6 is 0 Å². The highest BCUT2D eigenvalue weighted by Crippen LogP contribution is 2.83. The van der Waals surface area contributed by atoms with E-state index in [9.17, 15) is 4.79 Å². The van der Waals surface area contributed by atoms with Crippen molar-refractivity contribution in [3.05, 3.63) is 0 Å². The highest BCUT2D eigenvalue weighted by atomic mass is 16.1. The van der Waals surface area contributed by atoms with Crippen LogP contribution in [0.25, 0.3) is 0 Å². The summed E-state index contributed by atoms with van der Waals surface area (Å²) >= 11 is 0. The van der Waals surface area contributed by atoms with Crippen molar-refractivity contribution < 1.29 is 4.79 Å². The van der Waals surface area contributed by atoms with E-state index in [1.165, 1.54) is 116 Å². The molecule has 6 atom stereocenters. The zero-order valence-corrected chi connectivity index (χ0v) is 24.4. The molecule has 1 N–H and O–H groups in total. The van der Waals surface area contributed by atoms with Crippen LogP contribution in [-0.2, 0) is 4.79 Å². The lowest BCUT2D eigenvalue weighted by atomic mass is 9.27. The van der Waals surface area contributed by atoms with Crippen molar-refractivity contribution in [3.63, 3.8) is 0 Å². The number of carbonyl (C=O) groups is 1. The van der Waals surface area contributed by atoms with Crippen LogP contribution < -0.4 is 5.32 Å². The fraction of sp³-hybridized carbons (Fsp3) is 0.865. The van der Waals surface area contributed by atoms with Gasteiger partial charge in [0.2, 0.25) is 0 Å². The van der Waals surface area contributed by atoms with Crippen LogP contribution in [-0.4, -0.2) is 12.5 Å². The largest absolute Gasteiger partial charge is 0.346 e. The number of hydrogen-bond donors (Lipinski definition) is 1. The van der Waals surface area contributed by atoms with Crippen LogP contribution in [0.1, 0.15) is 122 Å². The molecule has 12 bridgehead atoms. The first-order valence-electron chi connectivity index (χ1n) is 17.0. The lowest BCUT2D eigenvalue weighted by molar-refractivity contribution is -0.275. The molecule has 12 aliphatic rings. The predicted octanol–water partition coefficient (Wildman–Crippen LogP) is 7.52. The molecule has 0 heterocycles. The summed E-state index contributed by atoms with van der Waals surface area (Å²) in [6.45, 7) is 2.67. The molecule has 12 aliphatic carbocycles. The van der Waals surface area contributed by atoms with Gasteiger partial charge in [0, 0.05) is 17.4 Å². The molecule has 0 spiro atoms.